The van der Waals surface area contributed by atoms with Crippen molar-refractivity contribution in [1.82, 2.24) is 5.32 Å². The zero-order valence-electron chi connectivity index (χ0n) is 10.5. The van der Waals surface area contributed by atoms with Gasteiger partial charge in [-0.15, -0.1) is 0 Å². The number of rotatable bonds is 7. The van der Waals surface area contributed by atoms with E-state index >= 15 is 0 Å². The first-order valence-corrected chi connectivity index (χ1v) is 5.96. The number of nitrogens with two attached hydrogens (primary N) is 1. The Bertz CT molecular complexity index is 436. The van der Waals surface area contributed by atoms with Gasteiger partial charge in [-0.2, -0.15) is 0 Å². The van der Waals surface area contributed by atoms with Crippen LogP contribution < -0.4 is 11.1 Å². The van der Waals surface area contributed by atoms with Crippen molar-refractivity contribution < 1.29 is 19.8 Å². The number of amides is 1. The van der Waals surface area contributed by atoms with Crippen LogP contribution in [0.4, 0.5) is 0 Å². The van der Waals surface area contributed by atoms with Gasteiger partial charge in [0.1, 0.15) is 5.54 Å². The van der Waals surface area contributed by atoms with Gasteiger partial charge in [-0.3, -0.25) is 9.59 Å². The van der Waals surface area contributed by atoms with Gasteiger partial charge >= 0.3 is 5.97 Å². The van der Waals surface area contributed by atoms with E-state index in [2.05, 4.69) is 5.32 Å². The highest BCUT2D eigenvalue weighted by Gasteiger charge is 2.32. The summed E-state index contributed by atoms with van der Waals surface area (Å²) in [6.07, 6.45) is 0.468. The molecular weight excluding hydrogens is 248 g/mol. The minimum absolute atomic E-state index is 0.0912. The van der Waals surface area contributed by atoms with Crippen molar-refractivity contribution in [2.45, 2.75) is 18.4 Å². The van der Waals surface area contributed by atoms with Crippen LogP contribution >= 0.6 is 0 Å². The van der Waals surface area contributed by atoms with Gasteiger partial charge in [0, 0.05) is 12.1 Å². The Labute approximate surface area is 111 Å². The quantitative estimate of drug-likeness (QED) is 0.518. The molecule has 0 aliphatic rings. The number of aliphatic carboxylic acids is 1. The Morgan fingerprint density at radius 2 is 1.89 bits per heavy atom. The maximum Gasteiger partial charge on any atom is 0.326 e. The second kappa shape index (κ2) is 6.86. The molecule has 0 unspecified atom stereocenters. The minimum atomic E-state index is -1.64. The lowest BCUT2D eigenvalue weighted by Gasteiger charge is -2.21. The zero-order chi connectivity index (χ0) is 14.3. The molecule has 0 heterocycles. The van der Waals surface area contributed by atoms with E-state index in [0.717, 1.165) is 0 Å². The van der Waals surface area contributed by atoms with Gasteiger partial charge in [-0.25, -0.2) is 0 Å². The third-order valence-corrected chi connectivity index (χ3v) is 2.83. The summed E-state index contributed by atoms with van der Waals surface area (Å²) < 4.78 is 0. The Morgan fingerprint density at radius 3 is 2.42 bits per heavy atom. The molecule has 19 heavy (non-hydrogen) atoms. The second-order valence-electron chi connectivity index (χ2n) is 4.34. The van der Waals surface area contributed by atoms with Crippen LogP contribution in [0.2, 0.25) is 0 Å². The third kappa shape index (κ3) is 4.35. The van der Waals surface area contributed by atoms with E-state index in [4.69, 9.17) is 15.9 Å². The summed E-state index contributed by atoms with van der Waals surface area (Å²) >= 11 is 0. The number of benzene rings is 1. The van der Waals surface area contributed by atoms with Gasteiger partial charge < -0.3 is 21.3 Å². The highest BCUT2D eigenvalue weighted by Crippen LogP contribution is 2.09. The van der Waals surface area contributed by atoms with Crippen molar-refractivity contribution in [2.24, 2.45) is 5.73 Å². The van der Waals surface area contributed by atoms with Gasteiger partial charge in [-0.1, -0.05) is 18.2 Å². The summed E-state index contributed by atoms with van der Waals surface area (Å²) in [7, 11) is 0. The monoisotopic (exact) mass is 266 g/mol. The maximum absolute atomic E-state index is 11.7. The summed E-state index contributed by atoms with van der Waals surface area (Å²) in [6.45, 7) is -0.324. The second-order valence-corrected chi connectivity index (χ2v) is 4.34. The topological polar surface area (TPSA) is 113 Å². The third-order valence-electron chi connectivity index (χ3n) is 2.83. The number of nitrogens with one attached hydrogen (secondary N) is 1. The summed E-state index contributed by atoms with van der Waals surface area (Å²) in [5.41, 5.74) is 4.41. The smallest absolute Gasteiger partial charge is 0.326 e. The molecule has 0 radical (unpaired) electrons. The van der Waals surface area contributed by atoms with Crippen molar-refractivity contribution >= 4 is 11.9 Å². The van der Waals surface area contributed by atoms with Crippen molar-refractivity contribution in [2.75, 3.05) is 13.2 Å². The van der Waals surface area contributed by atoms with E-state index in [-0.39, 0.29) is 12.3 Å². The number of carbonyl (C=O) groups is 2. The van der Waals surface area contributed by atoms with Crippen LogP contribution in [0, 0.1) is 0 Å². The molecule has 6 nitrogen and oxygen atoms in total. The minimum Gasteiger partial charge on any atom is -0.480 e. The van der Waals surface area contributed by atoms with Gasteiger partial charge in [-0.05, 0) is 25.0 Å². The van der Waals surface area contributed by atoms with Gasteiger partial charge in [0.05, 0.1) is 6.61 Å². The molecule has 1 aromatic carbocycles. The summed E-state index contributed by atoms with van der Waals surface area (Å²) in [5, 5.41) is 20.5. The Kier molecular flexibility index (Phi) is 5.47. The number of aliphatic hydroxyl groups is 1. The lowest BCUT2D eigenvalue weighted by Crippen LogP contribution is -2.51. The van der Waals surface area contributed by atoms with Crippen LogP contribution in [-0.2, 0) is 4.79 Å². The van der Waals surface area contributed by atoms with Crippen LogP contribution in [-0.4, -0.2) is 40.8 Å². The number of carbonyl (C=O) groups excluding carboxylic acids is 1. The maximum atomic E-state index is 11.7. The average Bonchev–Trinajstić information content (AvgIpc) is 2.43. The number of aliphatic hydroxyl groups excluding tert-OH is 1. The Balaban J connectivity index is 2.35. The highest BCUT2D eigenvalue weighted by atomic mass is 16.4. The van der Waals surface area contributed by atoms with Crippen LogP contribution in [0.25, 0.3) is 0 Å². The largest absolute Gasteiger partial charge is 0.480 e. The van der Waals surface area contributed by atoms with Crippen LogP contribution in [0.3, 0.4) is 0 Å². The number of carboxylic acid groups (broad SMARTS) is 1. The van der Waals surface area contributed by atoms with Crippen molar-refractivity contribution in [3.63, 3.8) is 0 Å². The molecule has 0 aliphatic carbocycles. The Hall–Kier alpha value is -1.92. The van der Waals surface area contributed by atoms with Crippen molar-refractivity contribution in [3.8, 4) is 0 Å². The van der Waals surface area contributed by atoms with E-state index in [1.807, 2.05) is 6.07 Å². The van der Waals surface area contributed by atoms with E-state index in [1.165, 1.54) is 0 Å². The molecule has 0 bridgehead atoms. The van der Waals surface area contributed by atoms with Gasteiger partial charge in [0.15, 0.2) is 0 Å². The van der Waals surface area contributed by atoms with Crippen LogP contribution in [0.5, 0.6) is 0 Å². The molecule has 1 atom stereocenters. The summed E-state index contributed by atoms with van der Waals surface area (Å²) in [4.78, 5) is 22.5. The molecule has 6 heteroatoms. The van der Waals surface area contributed by atoms with E-state index in [0.29, 0.717) is 18.5 Å². The first-order chi connectivity index (χ1) is 8.99. The molecular formula is C13H18N2O4. The number of carboxylic acids is 1. The normalized spacial score (nSPS) is 13.6. The van der Waals surface area contributed by atoms with Gasteiger partial charge in [0.25, 0.3) is 5.91 Å². The molecule has 1 aromatic rings. The molecule has 0 aromatic heterocycles. The highest BCUT2D eigenvalue weighted by molar-refractivity contribution is 5.94. The molecule has 1 rings (SSSR count). The van der Waals surface area contributed by atoms with E-state index in [9.17, 15) is 9.59 Å². The molecule has 104 valence electrons. The molecule has 0 saturated carbocycles. The fourth-order valence-corrected chi connectivity index (χ4v) is 1.55. The zero-order valence-corrected chi connectivity index (χ0v) is 10.5. The van der Waals surface area contributed by atoms with E-state index in [1.54, 1.807) is 24.3 Å². The van der Waals surface area contributed by atoms with Crippen LogP contribution in [0.1, 0.15) is 23.2 Å². The summed E-state index contributed by atoms with van der Waals surface area (Å²) in [6, 6.07) is 8.71. The Morgan fingerprint density at radius 1 is 1.26 bits per heavy atom. The van der Waals surface area contributed by atoms with Crippen molar-refractivity contribution in [1.29, 1.82) is 0 Å². The summed E-state index contributed by atoms with van der Waals surface area (Å²) in [5.74, 6) is -1.47. The predicted molar refractivity (Wildman–Crippen MR) is 69.6 cm³/mol. The molecule has 5 N–H and O–H groups in total. The molecule has 0 aliphatic heterocycles. The van der Waals surface area contributed by atoms with Crippen LogP contribution in [0.15, 0.2) is 30.3 Å². The lowest BCUT2D eigenvalue weighted by atomic mass is 9.96. The molecule has 0 fully saturated rings. The first-order valence-electron chi connectivity index (χ1n) is 5.96. The number of hydrogen-bond acceptors (Lipinski definition) is 4. The molecule has 0 spiro atoms. The van der Waals surface area contributed by atoms with E-state index < -0.39 is 18.1 Å². The van der Waals surface area contributed by atoms with Gasteiger partial charge in [0.2, 0.25) is 0 Å². The number of hydrogen-bond donors (Lipinski definition) is 4. The SMILES string of the molecule is N[C@](CO)(CCCNC(=O)c1ccccc1)C(=O)O. The first kappa shape index (κ1) is 15.1. The van der Waals surface area contributed by atoms with Crippen molar-refractivity contribution in [3.05, 3.63) is 35.9 Å². The fourth-order valence-electron chi connectivity index (χ4n) is 1.55. The molecule has 0 saturated heterocycles. The standard InChI is InChI=1S/C13H18N2O4/c14-13(9-16,12(18)19)7-4-8-15-11(17)10-5-2-1-3-6-10/h1-3,5-6,16H,4,7-9,14H2,(H,15,17)(H,18,19)/t13-/m0/s1. The molecule has 1 amide bonds. The lowest BCUT2D eigenvalue weighted by molar-refractivity contribution is -0.145. The predicted octanol–water partition coefficient (Wildman–Crippen LogP) is -0.0290. The average molecular weight is 266 g/mol. The fraction of sp³-hybridized carbons (Fsp3) is 0.385.